The Hall–Kier alpha value is -1.05. The van der Waals surface area contributed by atoms with Gasteiger partial charge in [0.15, 0.2) is 0 Å². The van der Waals surface area contributed by atoms with Crippen LogP contribution in [0.25, 0.3) is 0 Å². The Morgan fingerprint density at radius 2 is 1.87 bits per heavy atom. The normalized spacial score (nSPS) is 23.0. The summed E-state index contributed by atoms with van der Waals surface area (Å²) in [6.45, 7) is 1.83. The number of carbonyl (C=O) groups is 1. The summed E-state index contributed by atoms with van der Waals surface area (Å²) < 4.78 is 28.1. The van der Waals surface area contributed by atoms with Crippen LogP contribution in [0, 0.1) is 0 Å². The van der Waals surface area contributed by atoms with Crippen molar-refractivity contribution < 1.29 is 13.2 Å². The molecule has 0 aromatic heterocycles. The molecule has 2 N–H and O–H groups in total. The summed E-state index contributed by atoms with van der Waals surface area (Å²) in [6.07, 6.45) is 6.30. The minimum Gasteiger partial charge on any atom is -0.324 e. The number of hydrogen-bond acceptors (Lipinski definition) is 4. The van der Waals surface area contributed by atoms with Crippen LogP contribution in [-0.4, -0.2) is 25.6 Å². The molecule has 3 rings (SSSR count). The van der Waals surface area contributed by atoms with Gasteiger partial charge in [-0.2, -0.15) is 0 Å². The molecule has 1 heterocycles. The molecule has 0 unspecified atom stereocenters. The van der Waals surface area contributed by atoms with Gasteiger partial charge in [0.2, 0.25) is 15.9 Å². The number of thioether (sulfide) groups is 1. The average Bonchev–Trinajstić information content (AvgIpc) is 2.76. The van der Waals surface area contributed by atoms with Gasteiger partial charge in [0, 0.05) is 10.9 Å². The number of amides is 1. The molecule has 1 fully saturated rings. The highest BCUT2D eigenvalue weighted by molar-refractivity contribution is 8.01. The number of sulfonamides is 1. The number of nitrogens with one attached hydrogen (secondary N) is 2. The monoisotopic (exact) mass is 354 g/mol. The van der Waals surface area contributed by atoms with Crippen LogP contribution in [-0.2, 0) is 14.8 Å². The molecule has 2 aliphatic rings. The Labute approximate surface area is 141 Å². The van der Waals surface area contributed by atoms with Gasteiger partial charge in [-0.25, -0.2) is 13.1 Å². The van der Waals surface area contributed by atoms with E-state index in [1.165, 1.54) is 24.6 Å². The lowest BCUT2D eigenvalue weighted by atomic mass is 10.1. The average molecular weight is 354 g/mol. The predicted octanol–water partition coefficient (Wildman–Crippen LogP) is 3.12. The molecule has 0 spiro atoms. The minimum atomic E-state index is -3.55. The largest absolute Gasteiger partial charge is 0.324 e. The van der Waals surface area contributed by atoms with E-state index >= 15 is 0 Å². The first-order chi connectivity index (χ1) is 11.0. The predicted molar refractivity (Wildman–Crippen MR) is 92.2 cm³/mol. The van der Waals surface area contributed by atoms with Crippen molar-refractivity contribution in [1.29, 1.82) is 0 Å². The number of rotatable bonds is 3. The van der Waals surface area contributed by atoms with Crippen LogP contribution in [0.15, 0.2) is 28.0 Å². The molecule has 7 heteroatoms. The molecule has 0 bridgehead atoms. The van der Waals surface area contributed by atoms with Crippen LogP contribution in [0.2, 0.25) is 0 Å². The van der Waals surface area contributed by atoms with Crippen LogP contribution in [0.4, 0.5) is 5.69 Å². The molecule has 126 valence electrons. The molecule has 1 atom stereocenters. The Bertz CT molecular complexity index is 695. The maximum Gasteiger partial charge on any atom is 0.240 e. The van der Waals surface area contributed by atoms with Gasteiger partial charge in [0.05, 0.1) is 15.8 Å². The first-order valence-corrected chi connectivity index (χ1v) is 10.5. The summed E-state index contributed by atoms with van der Waals surface area (Å²) in [4.78, 5) is 12.9. The fraction of sp³-hybridized carbons (Fsp3) is 0.562. The van der Waals surface area contributed by atoms with Crippen molar-refractivity contribution in [2.45, 2.75) is 66.5 Å². The van der Waals surface area contributed by atoms with Gasteiger partial charge in [0.25, 0.3) is 0 Å². The highest BCUT2D eigenvalue weighted by atomic mass is 32.2. The topological polar surface area (TPSA) is 75.3 Å². The van der Waals surface area contributed by atoms with E-state index in [0.29, 0.717) is 5.69 Å². The first-order valence-electron chi connectivity index (χ1n) is 8.09. The summed E-state index contributed by atoms with van der Waals surface area (Å²) in [6, 6.07) is 4.97. The van der Waals surface area contributed by atoms with E-state index < -0.39 is 10.0 Å². The molecule has 1 saturated carbocycles. The third kappa shape index (κ3) is 3.89. The zero-order chi connectivity index (χ0) is 16.4. The summed E-state index contributed by atoms with van der Waals surface area (Å²) in [5, 5.41) is 2.63. The number of carbonyl (C=O) groups excluding carboxylic acids is 1. The maximum absolute atomic E-state index is 12.6. The summed E-state index contributed by atoms with van der Waals surface area (Å²) in [5.74, 6) is -0.0891. The lowest BCUT2D eigenvalue weighted by Gasteiger charge is -2.22. The fourth-order valence-electron chi connectivity index (χ4n) is 3.04. The highest BCUT2D eigenvalue weighted by Crippen LogP contribution is 2.36. The lowest BCUT2D eigenvalue weighted by molar-refractivity contribution is -0.115. The third-order valence-electron chi connectivity index (χ3n) is 4.37. The number of anilines is 1. The summed E-state index contributed by atoms with van der Waals surface area (Å²) in [7, 11) is -3.55. The van der Waals surface area contributed by atoms with Crippen LogP contribution in [0.5, 0.6) is 0 Å². The molecule has 0 radical (unpaired) electrons. The molecular weight excluding hydrogens is 332 g/mol. The van der Waals surface area contributed by atoms with Crippen LogP contribution >= 0.6 is 11.8 Å². The summed E-state index contributed by atoms with van der Waals surface area (Å²) in [5.41, 5.74) is 0.585. The van der Waals surface area contributed by atoms with E-state index in [-0.39, 0.29) is 22.1 Å². The van der Waals surface area contributed by atoms with E-state index in [0.717, 1.165) is 30.6 Å². The quantitative estimate of drug-likeness (QED) is 0.818. The Morgan fingerprint density at radius 1 is 1.17 bits per heavy atom. The van der Waals surface area contributed by atoms with E-state index in [2.05, 4.69) is 10.0 Å². The van der Waals surface area contributed by atoms with Crippen molar-refractivity contribution in [1.82, 2.24) is 4.72 Å². The van der Waals surface area contributed by atoms with Gasteiger partial charge in [0.1, 0.15) is 0 Å². The highest BCUT2D eigenvalue weighted by Gasteiger charge is 2.26. The second kappa shape index (κ2) is 6.83. The molecule has 23 heavy (non-hydrogen) atoms. The van der Waals surface area contributed by atoms with E-state index in [9.17, 15) is 13.2 Å². The van der Waals surface area contributed by atoms with Crippen molar-refractivity contribution in [2.24, 2.45) is 0 Å². The molecule has 1 aliphatic heterocycles. The first kappa shape index (κ1) is 16.8. The fourth-order valence-corrected chi connectivity index (χ4v) is 5.30. The second-order valence-electron chi connectivity index (χ2n) is 6.22. The van der Waals surface area contributed by atoms with Crippen molar-refractivity contribution in [2.75, 3.05) is 5.32 Å². The standard InChI is InChI=1S/C16H22N2O3S2/c1-11-16(19)17-14-10-13(8-9-15(14)22-11)23(20,21)18-12-6-4-2-3-5-7-12/h8-12,18H,2-7H2,1H3,(H,17,19)/t11-/m1/s1. The molecule has 1 aromatic rings. The third-order valence-corrected chi connectivity index (χ3v) is 7.06. The van der Waals surface area contributed by atoms with E-state index in [1.54, 1.807) is 18.2 Å². The van der Waals surface area contributed by atoms with Gasteiger partial charge in [-0.3, -0.25) is 4.79 Å². The van der Waals surface area contributed by atoms with Gasteiger partial charge in [-0.05, 0) is 38.0 Å². The van der Waals surface area contributed by atoms with E-state index in [4.69, 9.17) is 0 Å². The lowest BCUT2D eigenvalue weighted by Crippen LogP contribution is -2.34. The van der Waals surface area contributed by atoms with Gasteiger partial charge in [-0.15, -0.1) is 11.8 Å². The van der Waals surface area contributed by atoms with Crippen molar-refractivity contribution >= 4 is 33.4 Å². The Morgan fingerprint density at radius 3 is 2.57 bits per heavy atom. The Balaban J connectivity index is 1.80. The van der Waals surface area contributed by atoms with Crippen molar-refractivity contribution in [3.8, 4) is 0 Å². The molecule has 0 saturated heterocycles. The molecule has 1 amide bonds. The zero-order valence-electron chi connectivity index (χ0n) is 13.2. The number of fused-ring (bicyclic) bond motifs is 1. The number of hydrogen-bond donors (Lipinski definition) is 2. The molecular formula is C16H22N2O3S2. The molecule has 1 aliphatic carbocycles. The molecule has 5 nitrogen and oxygen atoms in total. The second-order valence-corrected chi connectivity index (χ2v) is 9.31. The zero-order valence-corrected chi connectivity index (χ0v) is 14.8. The smallest absolute Gasteiger partial charge is 0.240 e. The summed E-state index contributed by atoms with van der Waals surface area (Å²) >= 11 is 1.45. The van der Waals surface area contributed by atoms with Crippen LogP contribution in [0.3, 0.4) is 0 Å². The van der Waals surface area contributed by atoms with Crippen molar-refractivity contribution in [3.63, 3.8) is 0 Å². The van der Waals surface area contributed by atoms with Crippen LogP contribution < -0.4 is 10.0 Å². The Kier molecular flexibility index (Phi) is 4.98. The maximum atomic E-state index is 12.6. The van der Waals surface area contributed by atoms with Gasteiger partial charge in [-0.1, -0.05) is 25.7 Å². The van der Waals surface area contributed by atoms with Gasteiger partial charge < -0.3 is 5.32 Å². The minimum absolute atomic E-state index is 0.0162. The SMILES string of the molecule is C[C@H]1Sc2ccc(S(=O)(=O)NC3CCCCCC3)cc2NC1=O. The number of benzene rings is 1. The van der Waals surface area contributed by atoms with Crippen molar-refractivity contribution in [3.05, 3.63) is 18.2 Å². The van der Waals surface area contributed by atoms with Gasteiger partial charge >= 0.3 is 0 Å². The molecule has 1 aromatic carbocycles. The van der Waals surface area contributed by atoms with Crippen LogP contribution in [0.1, 0.15) is 45.4 Å². The van der Waals surface area contributed by atoms with E-state index in [1.807, 2.05) is 6.92 Å².